The van der Waals surface area contributed by atoms with E-state index in [1.807, 2.05) is 0 Å². The fraction of sp³-hybridized carbons (Fsp3) is 0.882. The molecular formula is C17H32N4O3. The highest BCUT2D eigenvalue weighted by Gasteiger charge is 2.59. The molecule has 2 atom stereocenters. The van der Waals surface area contributed by atoms with Crippen molar-refractivity contribution in [3.8, 4) is 0 Å². The maximum Gasteiger partial charge on any atom is 0.243 e. The van der Waals surface area contributed by atoms with Crippen molar-refractivity contribution in [1.82, 2.24) is 15.5 Å². The van der Waals surface area contributed by atoms with Gasteiger partial charge in [-0.25, -0.2) is 4.99 Å². The minimum Gasteiger partial charge on any atom is -0.383 e. The number of hydrogen-bond donors (Lipinski definition) is 2. The van der Waals surface area contributed by atoms with E-state index < -0.39 is 0 Å². The number of carbonyl (C=O) groups excluding carboxylic acids is 1. The number of likely N-dealkylation sites (N-methyl/N-ethyl adjacent to an activating group) is 1. The molecule has 0 saturated heterocycles. The van der Waals surface area contributed by atoms with Crippen molar-refractivity contribution in [2.24, 2.45) is 10.4 Å². The van der Waals surface area contributed by atoms with Gasteiger partial charge in [0.2, 0.25) is 5.91 Å². The second kappa shape index (κ2) is 8.67. The Morgan fingerprint density at radius 1 is 1.38 bits per heavy atom. The molecule has 0 bridgehead atoms. The van der Waals surface area contributed by atoms with Crippen LogP contribution in [0, 0.1) is 5.41 Å². The lowest BCUT2D eigenvalue weighted by Gasteiger charge is -2.61. The van der Waals surface area contributed by atoms with E-state index in [1.165, 1.54) is 19.3 Å². The monoisotopic (exact) mass is 340 g/mol. The van der Waals surface area contributed by atoms with Gasteiger partial charge in [-0.15, -0.1) is 0 Å². The smallest absolute Gasteiger partial charge is 0.243 e. The minimum absolute atomic E-state index is 0.0120. The van der Waals surface area contributed by atoms with Gasteiger partial charge in [0, 0.05) is 45.8 Å². The van der Waals surface area contributed by atoms with Crippen molar-refractivity contribution in [3.63, 3.8) is 0 Å². The van der Waals surface area contributed by atoms with Gasteiger partial charge < -0.3 is 25.0 Å². The van der Waals surface area contributed by atoms with Crippen LogP contribution in [0.2, 0.25) is 0 Å². The zero-order chi connectivity index (χ0) is 17.6. The first-order valence-corrected chi connectivity index (χ1v) is 8.89. The van der Waals surface area contributed by atoms with E-state index in [0.717, 1.165) is 13.0 Å². The van der Waals surface area contributed by atoms with E-state index in [4.69, 9.17) is 9.47 Å². The Morgan fingerprint density at radius 3 is 2.67 bits per heavy atom. The third kappa shape index (κ3) is 4.19. The lowest BCUT2D eigenvalue weighted by Crippen LogP contribution is -2.68. The Kier molecular flexibility index (Phi) is 6.86. The number of aliphatic imine (C=N–C) groups is 1. The van der Waals surface area contributed by atoms with Gasteiger partial charge >= 0.3 is 0 Å². The molecule has 1 spiro atoms. The molecule has 2 saturated carbocycles. The zero-order valence-electron chi connectivity index (χ0n) is 15.4. The summed E-state index contributed by atoms with van der Waals surface area (Å²) in [5.74, 6) is 0.676. The summed E-state index contributed by atoms with van der Waals surface area (Å²) in [5.41, 5.74) is 0.255. The molecule has 2 N–H and O–H groups in total. The predicted octanol–water partition coefficient (Wildman–Crippen LogP) is 0.604. The van der Waals surface area contributed by atoms with E-state index in [9.17, 15) is 4.79 Å². The standard InChI is InChI=1S/C17H32N4O3/c1-5-24-14-11-13(17(14)7-6-8-17)20-16(18-9-10-23-4)19-12-15(22)21(2)3/h13-14H,5-12H2,1-4H3,(H2,18,19,20). The van der Waals surface area contributed by atoms with Crippen LogP contribution in [0.3, 0.4) is 0 Å². The zero-order valence-corrected chi connectivity index (χ0v) is 15.4. The van der Waals surface area contributed by atoms with Crippen molar-refractivity contribution in [1.29, 1.82) is 0 Å². The van der Waals surface area contributed by atoms with Crippen molar-refractivity contribution < 1.29 is 14.3 Å². The third-order valence-electron chi connectivity index (χ3n) is 5.22. The molecule has 0 heterocycles. The first-order valence-electron chi connectivity index (χ1n) is 8.89. The highest BCUT2D eigenvalue weighted by Crippen LogP contribution is 2.57. The maximum atomic E-state index is 11.8. The Bertz CT molecular complexity index is 449. The molecule has 0 radical (unpaired) electrons. The molecule has 0 aromatic carbocycles. The molecule has 2 unspecified atom stereocenters. The predicted molar refractivity (Wildman–Crippen MR) is 94.1 cm³/mol. The molecule has 2 rings (SSSR count). The van der Waals surface area contributed by atoms with E-state index in [2.05, 4.69) is 22.5 Å². The van der Waals surface area contributed by atoms with Crippen LogP contribution in [-0.4, -0.2) is 76.4 Å². The number of carbonyl (C=O) groups is 1. The van der Waals surface area contributed by atoms with Gasteiger partial charge in [0.1, 0.15) is 6.54 Å². The van der Waals surface area contributed by atoms with Crippen LogP contribution in [-0.2, 0) is 14.3 Å². The van der Waals surface area contributed by atoms with E-state index in [-0.39, 0.29) is 17.9 Å². The Balaban J connectivity index is 1.94. The summed E-state index contributed by atoms with van der Waals surface area (Å²) in [6.07, 6.45) is 5.04. The number of amides is 1. The number of ether oxygens (including phenoxy) is 2. The van der Waals surface area contributed by atoms with Crippen LogP contribution in [0.5, 0.6) is 0 Å². The van der Waals surface area contributed by atoms with Crippen molar-refractivity contribution >= 4 is 11.9 Å². The second-order valence-corrected chi connectivity index (χ2v) is 6.84. The summed E-state index contributed by atoms with van der Waals surface area (Å²) >= 11 is 0. The van der Waals surface area contributed by atoms with Crippen molar-refractivity contribution in [3.05, 3.63) is 0 Å². The highest BCUT2D eigenvalue weighted by molar-refractivity contribution is 5.85. The lowest BCUT2D eigenvalue weighted by molar-refractivity contribution is -0.168. The molecule has 2 aliphatic carbocycles. The van der Waals surface area contributed by atoms with Gasteiger partial charge in [0.25, 0.3) is 0 Å². The van der Waals surface area contributed by atoms with E-state index in [1.54, 1.807) is 26.1 Å². The third-order valence-corrected chi connectivity index (χ3v) is 5.22. The molecule has 0 aliphatic heterocycles. The Morgan fingerprint density at radius 2 is 2.12 bits per heavy atom. The number of rotatable bonds is 8. The summed E-state index contributed by atoms with van der Waals surface area (Å²) in [5, 5.41) is 6.77. The summed E-state index contributed by atoms with van der Waals surface area (Å²) in [6, 6.07) is 0.367. The first-order chi connectivity index (χ1) is 11.5. The van der Waals surface area contributed by atoms with Crippen molar-refractivity contribution in [2.45, 2.75) is 44.8 Å². The molecule has 2 fully saturated rings. The summed E-state index contributed by atoms with van der Waals surface area (Å²) in [7, 11) is 5.15. The molecule has 138 valence electrons. The second-order valence-electron chi connectivity index (χ2n) is 6.84. The number of hydrogen-bond acceptors (Lipinski definition) is 4. The Labute approximate surface area is 145 Å². The molecule has 24 heavy (non-hydrogen) atoms. The molecule has 1 amide bonds. The fourth-order valence-electron chi connectivity index (χ4n) is 3.52. The fourth-order valence-corrected chi connectivity index (χ4v) is 3.52. The summed E-state index contributed by atoms with van der Waals surface area (Å²) in [4.78, 5) is 17.8. The topological polar surface area (TPSA) is 75.2 Å². The van der Waals surface area contributed by atoms with Crippen LogP contribution in [0.1, 0.15) is 32.6 Å². The van der Waals surface area contributed by atoms with Crippen LogP contribution < -0.4 is 10.6 Å². The summed E-state index contributed by atoms with van der Waals surface area (Å²) < 4.78 is 11.0. The SMILES string of the molecule is CCOC1CC(NC(=NCC(=O)N(C)C)NCCOC)C12CCC2. The molecule has 7 heteroatoms. The first kappa shape index (κ1) is 19.0. The lowest BCUT2D eigenvalue weighted by atomic mass is 9.51. The van der Waals surface area contributed by atoms with Crippen LogP contribution in [0.25, 0.3) is 0 Å². The van der Waals surface area contributed by atoms with Gasteiger partial charge in [-0.3, -0.25) is 4.79 Å². The minimum atomic E-state index is -0.0120. The molecule has 0 aromatic rings. The van der Waals surface area contributed by atoms with Gasteiger partial charge in [0.05, 0.1) is 12.7 Å². The quantitative estimate of drug-likeness (QED) is 0.385. The average molecular weight is 340 g/mol. The molecule has 0 aromatic heterocycles. The van der Waals surface area contributed by atoms with Crippen LogP contribution >= 0.6 is 0 Å². The maximum absolute atomic E-state index is 11.8. The van der Waals surface area contributed by atoms with Crippen LogP contribution in [0.15, 0.2) is 4.99 Å². The largest absolute Gasteiger partial charge is 0.383 e. The summed E-state index contributed by atoms with van der Waals surface area (Å²) in [6.45, 7) is 4.22. The average Bonchev–Trinajstić information content (AvgIpc) is 2.48. The van der Waals surface area contributed by atoms with Crippen LogP contribution in [0.4, 0.5) is 0 Å². The van der Waals surface area contributed by atoms with E-state index >= 15 is 0 Å². The molecule has 2 aliphatic rings. The van der Waals surface area contributed by atoms with E-state index in [0.29, 0.717) is 31.3 Å². The molecule has 7 nitrogen and oxygen atoms in total. The van der Waals surface area contributed by atoms with Gasteiger partial charge in [-0.2, -0.15) is 0 Å². The van der Waals surface area contributed by atoms with Crippen molar-refractivity contribution in [2.75, 3.05) is 47.5 Å². The number of guanidine groups is 1. The number of methoxy groups -OCH3 is 1. The normalized spacial score (nSPS) is 24.9. The van der Waals surface area contributed by atoms with Gasteiger partial charge in [-0.05, 0) is 26.2 Å². The number of nitrogens with one attached hydrogen (secondary N) is 2. The molecular weight excluding hydrogens is 308 g/mol. The van der Waals surface area contributed by atoms with Gasteiger partial charge in [-0.1, -0.05) is 6.42 Å². The highest BCUT2D eigenvalue weighted by atomic mass is 16.5. The Hall–Kier alpha value is -1.34. The van der Waals surface area contributed by atoms with Gasteiger partial charge in [0.15, 0.2) is 5.96 Å². The number of nitrogens with zero attached hydrogens (tertiary/aromatic N) is 2.